The summed E-state index contributed by atoms with van der Waals surface area (Å²) >= 11 is 3.40. The Labute approximate surface area is 122 Å². The third-order valence-corrected chi connectivity index (χ3v) is 4.01. The maximum absolute atomic E-state index is 14.1. The molecule has 0 aliphatic heterocycles. The lowest BCUT2D eigenvalue weighted by atomic mass is 9.92. The summed E-state index contributed by atoms with van der Waals surface area (Å²) in [5, 5.41) is 3.21. The lowest BCUT2D eigenvalue weighted by molar-refractivity contribution is 0.574. The van der Waals surface area contributed by atoms with Gasteiger partial charge in [-0.2, -0.15) is 0 Å². The van der Waals surface area contributed by atoms with Crippen molar-refractivity contribution in [2.45, 2.75) is 19.9 Å². The lowest BCUT2D eigenvalue weighted by Crippen LogP contribution is -2.20. The van der Waals surface area contributed by atoms with E-state index in [9.17, 15) is 4.39 Å². The Morgan fingerprint density at radius 2 is 1.84 bits per heavy atom. The van der Waals surface area contributed by atoms with Gasteiger partial charge in [-0.05, 0) is 55.8 Å². The molecule has 0 saturated heterocycles. The van der Waals surface area contributed by atoms with Gasteiger partial charge in [0, 0.05) is 10.0 Å². The van der Waals surface area contributed by atoms with Gasteiger partial charge in [0.2, 0.25) is 0 Å². The molecule has 2 aromatic carbocycles. The summed E-state index contributed by atoms with van der Waals surface area (Å²) in [4.78, 5) is 0. The lowest BCUT2D eigenvalue weighted by Gasteiger charge is -2.21. The van der Waals surface area contributed by atoms with Crippen LogP contribution < -0.4 is 5.32 Å². The summed E-state index contributed by atoms with van der Waals surface area (Å²) in [5.74, 6) is -0.191. The van der Waals surface area contributed by atoms with Crippen molar-refractivity contribution in [2.24, 2.45) is 0 Å². The maximum Gasteiger partial charge on any atom is 0.128 e. The molecule has 0 aromatic heterocycles. The molecular formula is C16H17BrFN. The van der Waals surface area contributed by atoms with E-state index in [-0.39, 0.29) is 11.9 Å². The van der Waals surface area contributed by atoms with Crippen LogP contribution in [0.1, 0.15) is 28.3 Å². The van der Waals surface area contributed by atoms with Crippen LogP contribution in [0, 0.1) is 19.7 Å². The van der Waals surface area contributed by atoms with E-state index in [2.05, 4.69) is 41.2 Å². The summed E-state index contributed by atoms with van der Waals surface area (Å²) in [6.45, 7) is 4.15. The number of nitrogens with one attached hydrogen (secondary N) is 1. The first-order valence-electron chi connectivity index (χ1n) is 6.23. The van der Waals surface area contributed by atoms with E-state index in [0.29, 0.717) is 5.56 Å². The van der Waals surface area contributed by atoms with E-state index in [4.69, 9.17) is 0 Å². The number of hydrogen-bond donors (Lipinski definition) is 1. The third-order valence-electron chi connectivity index (χ3n) is 3.52. The molecule has 1 atom stereocenters. The molecule has 0 fully saturated rings. The molecule has 0 amide bonds. The zero-order valence-corrected chi connectivity index (χ0v) is 12.9. The van der Waals surface area contributed by atoms with Crippen LogP contribution >= 0.6 is 15.9 Å². The van der Waals surface area contributed by atoms with Crippen molar-refractivity contribution in [2.75, 3.05) is 7.05 Å². The second-order valence-corrected chi connectivity index (χ2v) is 5.59. The van der Waals surface area contributed by atoms with Crippen molar-refractivity contribution in [1.29, 1.82) is 0 Å². The summed E-state index contributed by atoms with van der Waals surface area (Å²) in [5.41, 5.74) is 4.18. The van der Waals surface area contributed by atoms with Crippen molar-refractivity contribution in [3.8, 4) is 0 Å². The molecule has 0 spiro atoms. The average Bonchev–Trinajstić information content (AvgIpc) is 2.39. The topological polar surface area (TPSA) is 12.0 Å². The van der Waals surface area contributed by atoms with E-state index in [1.54, 1.807) is 6.07 Å². The number of rotatable bonds is 3. The fraction of sp³-hybridized carbons (Fsp3) is 0.250. The summed E-state index contributed by atoms with van der Waals surface area (Å²) in [7, 11) is 1.85. The number of halogens is 2. The molecule has 1 unspecified atom stereocenters. The van der Waals surface area contributed by atoms with Gasteiger partial charge in [0.25, 0.3) is 0 Å². The van der Waals surface area contributed by atoms with Crippen LogP contribution in [0.3, 0.4) is 0 Å². The Hall–Kier alpha value is -1.19. The largest absolute Gasteiger partial charge is 0.309 e. The molecule has 0 aliphatic carbocycles. The fourth-order valence-corrected chi connectivity index (χ4v) is 2.68. The van der Waals surface area contributed by atoms with Gasteiger partial charge in [-0.1, -0.05) is 34.1 Å². The molecule has 1 nitrogen and oxygen atoms in total. The molecule has 0 aliphatic rings. The number of benzene rings is 2. The van der Waals surface area contributed by atoms with E-state index >= 15 is 0 Å². The first-order valence-corrected chi connectivity index (χ1v) is 7.02. The minimum atomic E-state index is -0.191. The second kappa shape index (κ2) is 5.85. The van der Waals surface area contributed by atoms with Crippen molar-refractivity contribution in [3.63, 3.8) is 0 Å². The van der Waals surface area contributed by atoms with Crippen LogP contribution in [0.5, 0.6) is 0 Å². The zero-order chi connectivity index (χ0) is 14.0. The maximum atomic E-state index is 14.1. The van der Waals surface area contributed by atoms with Gasteiger partial charge in [0.05, 0.1) is 6.04 Å². The van der Waals surface area contributed by atoms with Crippen LogP contribution in [0.25, 0.3) is 0 Å². The molecule has 0 heterocycles. The first kappa shape index (κ1) is 14.2. The SMILES string of the molecule is CNC(c1cc(Br)ccc1F)c1cccc(C)c1C. The van der Waals surface area contributed by atoms with Gasteiger partial charge in [0.1, 0.15) is 5.82 Å². The molecule has 2 rings (SSSR count). The van der Waals surface area contributed by atoms with Crippen LogP contribution in [0.2, 0.25) is 0 Å². The predicted molar refractivity (Wildman–Crippen MR) is 80.9 cm³/mol. The fourth-order valence-electron chi connectivity index (χ4n) is 2.30. The van der Waals surface area contributed by atoms with Crippen molar-refractivity contribution in [1.82, 2.24) is 5.32 Å². The molecule has 19 heavy (non-hydrogen) atoms. The van der Waals surface area contributed by atoms with E-state index in [1.165, 1.54) is 17.2 Å². The van der Waals surface area contributed by atoms with Gasteiger partial charge in [-0.15, -0.1) is 0 Å². The molecule has 0 saturated carbocycles. The quantitative estimate of drug-likeness (QED) is 0.876. The van der Waals surface area contributed by atoms with Crippen molar-refractivity contribution < 1.29 is 4.39 Å². The van der Waals surface area contributed by atoms with E-state index in [1.807, 2.05) is 25.2 Å². The standard InChI is InChI=1S/C16H17BrFN/c1-10-5-4-6-13(11(10)2)16(19-3)14-9-12(17)7-8-15(14)18/h4-9,16,19H,1-3H3. The monoisotopic (exact) mass is 321 g/mol. The summed E-state index contributed by atoms with van der Waals surface area (Å²) in [6.07, 6.45) is 0. The first-order chi connectivity index (χ1) is 9.04. The third kappa shape index (κ3) is 2.88. The van der Waals surface area contributed by atoms with Gasteiger partial charge >= 0.3 is 0 Å². The molecule has 2 aromatic rings. The van der Waals surface area contributed by atoms with E-state index < -0.39 is 0 Å². The van der Waals surface area contributed by atoms with Gasteiger partial charge in [0.15, 0.2) is 0 Å². The zero-order valence-electron chi connectivity index (χ0n) is 11.3. The highest BCUT2D eigenvalue weighted by molar-refractivity contribution is 9.10. The van der Waals surface area contributed by atoms with Crippen LogP contribution in [0.15, 0.2) is 40.9 Å². The minimum absolute atomic E-state index is 0.141. The summed E-state index contributed by atoms with van der Waals surface area (Å²) in [6, 6.07) is 11.0. The summed E-state index contributed by atoms with van der Waals surface area (Å²) < 4.78 is 14.9. The van der Waals surface area contributed by atoms with Gasteiger partial charge in [-0.25, -0.2) is 4.39 Å². The molecule has 0 radical (unpaired) electrons. The highest BCUT2D eigenvalue weighted by atomic mass is 79.9. The van der Waals surface area contributed by atoms with Crippen LogP contribution in [-0.4, -0.2) is 7.05 Å². The van der Waals surface area contributed by atoms with Crippen molar-refractivity contribution in [3.05, 3.63) is 68.9 Å². The molecule has 3 heteroatoms. The van der Waals surface area contributed by atoms with Gasteiger partial charge in [-0.3, -0.25) is 0 Å². The van der Waals surface area contributed by atoms with E-state index in [0.717, 1.165) is 10.0 Å². The Kier molecular flexibility index (Phi) is 4.38. The predicted octanol–water partition coefficient (Wildman–Crippen LogP) is 4.51. The van der Waals surface area contributed by atoms with Gasteiger partial charge < -0.3 is 5.32 Å². The smallest absolute Gasteiger partial charge is 0.128 e. The van der Waals surface area contributed by atoms with Crippen LogP contribution in [0.4, 0.5) is 4.39 Å². The second-order valence-electron chi connectivity index (χ2n) is 4.68. The Balaban J connectivity index is 2.56. The molecule has 1 N–H and O–H groups in total. The number of aryl methyl sites for hydroxylation is 1. The molecular weight excluding hydrogens is 305 g/mol. The Morgan fingerprint density at radius 1 is 1.11 bits per heavy atom. The Morgan fingerprint density at radius 3 is 2.53 bits per heavy atom. The number of hydrogen-bond acceptors (Lipinski definition) is 1. The average molecular weight is 322 g/mol. The van der Waals surface area contributed by atoms with Crippen LogP contribution in [-0.2, 0) is 0 Å². The minimum Gasteiger partial charge on any atom is -0.309 e. The Bertz CT molecular complexity index is 593. The molecule has 0 bridgehead atoms. The molecule has 100 valence electrons. The highest BCUT2D eigenvalue weighted by Gasteiger charge is 2.18. The highest BCUT2D eigenvalue weighted by Crippen LogP contribution is 2.29. The van der Waals surface area contributed by atoms with Crippen molar-refractivity contribution >= 4 is 15.9 Å². The normalized spacial score (nSPS) is 12.5.